The molecule has 0 unspecified atom stereocenters. The van der Waals surface area contributed by atoms with Gasteiger partial charge in [-0.2, -0.15) is 0 Å². The third-order valence-electron chi connectivity index (χ3n) is 2.93. The van der Waals surface area contributed by atoms with Crippen molar-refractivity contribution in [3.63, 3.8) is 0 Å². The number of aromatic nitrogens is 3. The van der Waals surface area contributed by atoms with E-state index in [1.165, 1.54) is 0 Å². The van der Waals surface area contributed by atoms with E-state index in [9.17, 15) is 0 Å². The zero-order valence-corrected chi connectivity index (χ0v) is 10.4. The SMILES string of the molecule is COc1cccnc1-c1nnc(N)c2ccccc12. The first-order valence-electron chi connectivity index (χ1n) is 5.81. The smallest absolute Gasteiger partial charge is 0.154 e. The van der Waals surface area contributed by atoms with Crippen molar-refractivity contribution in [1.29, 1.82) is 0 Å². The van der Waals surface area contributed by atoms with E-state index in [0.29, 0.717) is 23.0 Å². The van der Waals surface area contributed by atoms with E-state index in [4.69, 9.17) is 10.5 Å². The van der Waals surface area contributed by atoms with Gasteiger partial charge in [-0.1, -0.05) is 24.3 Å². The average molecular weight is 252 g/mol. The molecule has 0 aliphatic heterocycles. The van der Waals surface area contributed by atoms with Gasteiger partial charge in [-0.15, -0.1) is 10.2 Å². The molecule has 0 aliphatic rings. The minimum atomic E-state index is 0.411. The van der Waals surface area contributed by atoms with Crippen LogP contribution in [-0.2, 0) is 0 Å². The van der Waals surface area contributed by atoms with Crippen LogP contribution in [0.3, 0.4) is 0 Å². The maximum atomic E-state index is 5.85. The summed E-state index contributed by atoms with van der Waals surface area (Å²) in [7, 11) is 1.60. The third kappa shape index (κ3) is 1.85. The summed E-state index contributed by atoms with van der Waals surface area (Å²) in [5.74, 6) is 1.07. The highest BCUT2D eigenvalue weighted by molar-refractivity contribution is 5.99. The number of anilines is 1. The summed E-state index contributed by atoms with van der Waals surface area (Å²) in [5, 5.41) is 9.93. The Morgan fingerprint density at radius 1 is 0.947 bits per heavy atom. The Morgan fingerprint density at radius 3 is 2.53 bits per heavy atom. The molecule has 0 amide bonds. The summed E-state index contributed by atoms with van der Waals surface area (Å²) in [5.41, 5.74) is 7.18. The molecule has 3 rings (SSSR count). The van der Waals surface area contributed by atoms with Crippen molar-refractivity contribution in [3.8, 4) is 17.1 Å². The summed E-state index contributed by atoms with van der Waals surface area (Å²) < 4.78 is 5.32. The van der Waals surface area contributed by atoms with E-state index in [1.54, 1.807) is 13.3 Å². The van der Waals surface area contributed by atoms with Crippen LogP contribution in [0.1, 0.15) is 0 Å². The van der Waals surface area contributed by atoms with Gasteiger partial charge in [0.15, 0.2) is 5.82 Å². The van der Waals surface area contributed by atoms with Crippen LogP contribution in [0.4, 0.5) is 5.82 Å². The van der Waals surface area contributed by atoms with Gasteiger partial charge >= 0.3 is 0 Å². The Morgan fingerprint density at radius 2 is 1.74 bits per heavy atom. The van der Waals surface area contributed by atoms with Crippen LogP contribution in [0.5, 0.6) is 5.75 Å². The number of hydrogen-bond donors (Lipinski definition) is 1. The Labute approximate surface area is 110 Å². The summed E-state index contributed by atoms with van der Waals surface area (Å²) in [6, 6.07) is 11.4. The first-order valence-corrected chi connectivity index (χ1v) is 5.81. The number of hydrogen-bond acceptors (Lipinski definition) is 5. The normalized spacial score (nSPS) is 10.6. The fourth-order valence-electron chi connectivity index (χ4n) is 2.03. The average Bonchev–Trinajstić information content (AvgIpc) is 2.48. The molecule has 5 heteroatoms. The standard InChI is InChI=1S/C14H12N4O/c1-19-11-7-4-8-16-13(11)12-9-5-2-3-6-10(9)14(15)18-17-12/h2-8H,1H3,(H2,15,18). The lowest BCUT2D eigenvalue weighted by Crippen LogP contribution is -1.99. The summed E-state index contributed by atoms with van der Waals surface area (Å²) in [6.07, 6.45) is 1.70. The fraction of sp³-hybridized carbons (Fsp3) is 0.0714. The van der Waals surface area contributed by atoms with Gasteiger partial charge in [-0.3, -0.25) is 4.98 Å². The van der Waals surface area contributed by atoms with E-state index < -0.39 is 0 Å². The van der Waals surface area contributed by atoms with E-state index in [-0.39, 0.29) is 0 Å². The molecule has 2 N–H and O–H groups in total. The van der Waals surface area contributed by atoms with Gasteiger partial charge in [0.1, 0.15) is 17.1 Å². The Hall–Kier alpha value is -2.69. The summed E-state index contributed by atoms with van der Waals surface area (Å²) >= 11 is 0. The molecule has 0 saturated carbocycles. The molecule has 0 spiro atoms. The van der Waals surface area contributed by atoms with Crippen LogP contribution >= 0.6 is 0 Å². The second-order valence-corrected chi connectivity index (χ2v) is 4.03. The molecule has 0 bridgehead atoms. The van der Waals surface area contributed by atoms with E-state index >= 15 is 0 Å². The van der Waals surface area contributed by atoms with Crippen LogP contribution in [0.15, 0.2) is 42.6 Å². The highest BCUT2D eigenvalue weighted by Gasteiger charge is 2.13. The molecule has 0 fully saturated rings. The molecule has 1 aromatic carbocycles. The minimum Gasteiger partial charge on any atom is -0.494 e. The van der Waals surface area contributed by atoms with Gasteiger partial charge in [0, 0.05) is 17.0 Å². The molecular weight excluding hydrogens is 240 g/mol. The topological polar surface area (TPSA) is 73.9 Å². The largest absolute Gasteiger partial charge is 0.494 e. The van der Waals surface area contributed by atoms with Crippen molar-refractivity contribution in [2.45, 2.75) is 0 Å². The number of nitrogens with zero attached hydrogens (tertiary/aromatic N) is 3. The highest BCUT2D eigenvalue weighted by atomic mass is 16.5. The maximum Gasteiger partial charge on any atom is 0.154 e. The first-order chi connectivity index (χ1) is 9.31. The fourth-order valence-corrected chi connectivity index (χ4v) is 2.03. The number of nitrogen functional groups attached to an aromatic ring is 1. The predicted molar refractivity (Wildman–Crippen MR) is 73.7 cm³/mol. The van der Waals surface area contributed by atoms with Crippen LogP contribution in [0.2, 0.25) is 0 Å². The third-order valence-corrected chi connectivity index (χ3v) is 2.93. The predicted octanol–water partition coefficient (Wildman–Crippen LogP) is 2.28. The quantitative estimate of drug-likeness (QED) is 0.757. The molecule has 19 heavy (non-hydrogen) atoms. The molecular formula is C14H12N4O. The molecule has 0 atom stereocenters. The molecule has 0 radical (unpaired) electrons. The van der Waals surface area contributed by atoms with Crippen LogP contribution in [-0.4, -0.2) is 22.3 Å². The number of rotatable bonds is 2. The van der Waals surface area contributed by atoms with Gasteiger partial charge in [-0.25, -0.2) is 0 Å². The number of ether oxygens (including phenoxy) is 1. The van der Waals surface area contributed by atoms with E-state index in [1.807, 2.05) is 36.4 Å². The number of nitrogens with two attached hydrogens (primary N) is 1. The second-order valence-electron chi connectivity index (χ2n) is 4.03. The zero-order valence-electron chi connectivity index (χ0n) is 10.4. The Bertz CT molecular complexity index is 742. The van der Waals surface area contributed by atoms with Crippen molar-refractivity contribution in [3.05, 3.63) is 42.6 Å². The van der Waals surface area contributed by atoms with Crippen molar-refractivity contribution in [2.24, 2.45) is 0 Å². The lowest BCUT2D eigenvalue weighted by molar-refractivity contribution is 0.414. The summed E-state index contributed by atoms with van der Waals surface area (Å²) in [6.45, 7) is 0. The second kappa shape index (κ2) is 4.53. The first kappa shape index (κ1) is 11.4. The highest BCUT2D eigenvalue weighted by Crippen LogP contribution is 2.32. The molecule has 0 aliphatic carbocycles. The van der Waals surface area contributed by atoms with E-state index in [2.05, 4.69) is 15.2 Å². The van der Waals surface area contributed by atoms with Gasteiger partial charge in [0.25, 0.3) is 0 Å². The van der Waals surface area contributed by atoms with Crippen molar-refractivity contribution in [1.82, 2.24) is 15.2 Å². The Balaban J connectivity index is 2.34. The van der Waals surface area contributed by atoms with Gasteiger partial charge < -0.3 is 10.5 Å². The molecule has 2 aromatic heterocycles. The van der Waals surface area contributed by atoms with Crippen molar-refractivity contribution >= 4 is 16.6 Å². The van der Waals surface area contributed by atoms with Gasteiger partial charge in [0.05, 0.1) is 7.11 Å². The van der Waals surface area contributed by atoms with E-state index in [0.717, 1.165) is 10.8 Å². The minimum absolute atomic E-state index is 0.411. The van der Waals surface area contributed by atoms with Crippen LogP contribution in [0.25, 0.3) is 22.2 Å². The Kier molecular flexibility index (Phi) is 2.72. The summed E-state index contributed by atoms with van der Waals surface area (Å²) in [4.78, 5) is 4.33. The lowest BCUT2D eigenvalue weighted by atomic mass is 10.1. The monoisotopic (exact) mass is 252 g/mol. The molecule has 0 saturated heterocycles. The number of fused-ring (bicyclic) bond motifs is 1. The maximum absolute atomic E-state index is 5.85. The number of benzene rings is 1. The number of methoxy groups -OCH3 is 1. The van der Waals surface area contributed by atoms with Crippen molar-refractivity contribution < 1.29 is 4.74 Å². The zero-order chi connectivity index (χ0) is 13.2. The molecule has 2 heterocycles. The number of pyridine rings is 1. The van der Waals surface area contributed by atoms with Crippen molar-refractivity contribution in [2.75, 3.05) is 12.8 Å². The molecule has 3 aromatic rings. The lowest BCUT2D eigenvalue weighted by Gasteiger charge is -2.09. The van der Waals surface area contributed by atoms with Gasteiger partial charge in [0.2, 0.25) is 0 Å². The van der Waals surface area contributed by atoms with Crippen LogP contribution < -0.4 is 10.5 Å². The van der Waals surface area contributed by atoms with Crippen LogP contribution in [0, 0.1) is 0 Å². The molecule has 94 valence electrons. The van der Waals surface area contributed by atoms with Gasteiger partial charge in [-0.05, 0) is 12.1 Å². The molecule has 5 nitrogen and oxygen atoms in total.